The summed E-state index contributed by atoms with van der Waals surface area (Å²) in [5.41, 5.74) is 0.567. The number of aliphatic hydroxyl groups excluding tert-OH is 1. The first-order valence-corrected chi connectivity index (χ1v) is 7.78. The van der Waals surface area contributed by atoms with Crippen LogP contribution in [0.3, 0.4) is 0 Å². The van der Waals surface area contributed by atoms with Gasteiger partial charge in [-0.3, -0.25) is 0 Å². The van der Waals surface area contributed by atoms with Crippen molar-refractivity contribution in [3.63, 3.8) is 0 Å². The van der Waals surface area contributed by atoms with Gasteiger partial charge >= 0.3 is 0 Å². The van der Waals surface area contributed by atoms with Crippen LogP contribution < -0.4 is 4.72 Å². The van der Waals surface area contributed by atoms with Crippen molar-refractivity contribution in [1.29, 1.82) is 0 Å². The van der Waals surface area contributed by atoms with Crippen molar-refractivity contribution in [2.24, 2.45) is 13.0 Å². The molecule has 1 aromatic heterocycles. The van der Waals surface area contributed by atoms with E-state index in [0.717, 1.165) is 6.42 Å². The molecule has 2 unspecified atom stereocenters. The van der Waals surface area contributed by atoms with Crippen LogP contribution in [0.5, 0.6) is 0 Å². The zero-order valence-corrected chi connectivity index (χ0v) is 12.0. The van der Waals surface area contributed by atoms with E-state index in [1.54, 1.807) is 11.6 Å². The highest BCUT2D eigenvalue weighted by atomic mass is 32.2. The third-order valence-corrected chi connectivity index (χ3v) is 5.09. The molecule has 6 nitrogen and oxygen atoms in total. The fourth-order valence-corrected chi connectivity index (χ4v) is 3.64. The first kappa shape index (κ1) is 14.5. The molecule has 1 saturated heterocycles. The summed E-state index contributed by atoms with van der Waals surface area (Å²) in [5, 5.41) is 9.10. The Morgan fingerprint density at radius 2 is 2.37 bits per heavy atom. The Kier molecular flexibility index (Phi) is 4.29. The second-order valence-electron chi connectivity index (χ2n) is 4.97. The average molecular weight is 288 g/mol. The molecule has 0 amide bonds. The topological polar surface area (TPSA) is 80.6 Å². The van der Waals surface area contributed by atoms with Crippen LogP contribution in [-0.4, -0.2) is 37.3 Å². The smallest absolute Gasteiger partial charge is 0.242 e. The van der Waals surface area contributed by atoms with E-state index in [2.05, 4.69) is 4.72 Å². The van der Waals surface area contributed by atoms with E-state index in [9.17, 15) is 8.42 Å². The molecule has 0 spiro atoms. The van der Waals surface area contributed by atoms with Crippen LogP contribution in [0.2, 0.25) is 0 Å². The summed E-state index contributed by atoms with van der Waals surface area (Å²) in [6, 6.07) is 1.32. The lowest BCUT2D eigenvalue weighted by Gasteiger charge is -2.18. The van der Waals surface area contributed by atoms with E-state index in [1.165, 1.54) is 12.3 Å². The molecule has 2 heterocycles. The van der Waals surface area contributed by atoms with Gasteiger partial charge < -0.3 is 14.4 Å². The number of sulfonamides is 1. The number of aliphatic hydroxyl groups is 1. The van der Waals surface area contributed by atoms with Gasteiger partial charge in [-0.2, -0.15) is 0 Å². The minimum Gasteiger partial charge on any atom is -0.390 e. The van der Waals surface area contributed by atoms with Gasteiger partial charge in [-0.15, -0.1) is 0 Å². The zero-order valence-electron chi connectivity index (χ0n) is 11.2. The van der Waals surface area contributed by atoms with Crippen LogP contribution >= 0.6 is 0 Å². The molecule has 1 aliphatic heterocycles. The van der Waals surface area contributed by atoms with Gasteiger partial charge in [-0.05, 0) is 19.4 Å². The predicted molar refractivity (Wildman–Crippen MR) is 70.0 cm³/mol. The van der Waals surface area contributed by atoms with Crippen molar-refractivity contribution in [2.75, 3.05) is 13.2 Å². The third kappa shape index (κ3) is 3.17. The second kappa shape index (κ2) is 5.62. The molecule has 7 heteroatoms. The fraction of sp³-hybridized carbons (Fsp3) is 0.667. The van der Waals surface area contributed by atoms with Crippen LogP contribution in [0, 0.1) is 5.92 Å². The number of hydrogen-bond donors (Lipinski definition) is 2. The maximum Gasteiger partial charge on any atom is 0.242 e. The first-order chi connectivity index (χ1) is 8.94. The molecule has 1 fully saturated rings. The molecule has 2 rings (SSSR count). The third-order valence-electron chi connectivity index (χ3n) is 3.57. The maximum atomic E-state index is 12.2. The van der Waals surface area contributed by atoms with Gasteiger partial charge in [0.2, 0.25) is 10.0 Å². The molecular weight excluding hydrogens is 268 g/mol. The van der Waals surface area contributed by atoms with Crippen LogP contribution in [-0.2, 0) is 28.4 Å². The van der Waals surface area contributed by atoms with E-state index in [-0.39, 0.29) is 23.5 Å². The molecule has 1 aliphatic rings. The van der Waals surface area contributed by atoms with Crippen molar-refractivity contribution in [1.82, 2.24) is 9.29 Å². The molecule has 2 N–H and O–H groups in total. The van der Waals surface area contributed by atoms with E-state index < -0.39 is 10.0 Å². The lowest BCUT2D eigenvalue weighted by atomic mass is 10.0. The summed E-state index contributed by atoms with van der Waals surface area (Å²) in [6.45, 7) is 2.96. The van der Waals surface area contributed by atoms with Gasteiger partial charge in [-0.1, -0.05) is 0 Å². The van der Waals surface area contributed by atoms with Crippen molar-refractivity contribution < 1.29 is 18.3 Å². The van der Waals surface area contributed by atoms with Crippen molar-refractivity contribution in [3.05, 3.63) is 18.0 Å². The summed E-state index contributed by atoms with van der Waals surface area (Å²) < 4.78 is 34.0. The Morgan fingerprint density at radius 3 is 2.89 bits per heavy atom. The molecule has 2 atom stereocenters. The number of aryl methyl sites for hydroxylation is 1. The minimum atomic E-state index is -3.55. The van der Waals surface area contributed by atoms with Gasteiger partial charge in [0.1, 0.15) is 0 Å². The number of nitrogens with one attached hydrogen (secondary N) is 1. The molecule has 1 aromatic rings. The molecular formula is C12H20N2O4S. The number of hydrogen-bond acceptors (Lipinski definition) is 4. The Bertz CT molecular complexity index is 532. The predicted octanol–water partition coefficient (Wildman–Crippen LogP) is 0.221. The van der Waals surface area contributed by atoms with Crippen molar-refractivity contribution in [2.45, 2.75) is 30.9 Å². The molecule has 0 radical (unpaired) electrons. The molecule has 19 heavy (non-hydrogen) atoms. The summed E-state index contributed by atoms with van der Waals surface area (Å²) >= 11 is 0. The van der Waals surface area contributed by atoms with Gasteiger partial charge in [0.15, 0.2) is 0 Å². The van der Waals surface area contributed by atoms with Gasteiger partial charge in [0, 0.05) is 37.5 Å². The molecule has 0 saturated carbocycles. The second-order valence-corrected chi connectivity index (χ2v) is 6.68. The Hall–Kier alpha value is -0.890. The van der Waals surface area contributed by atoms with E-state index in [4.69, 9.17) is 9.84 Å². The fourth-order valence-electron chi connectivity index (χ4n) is 2.24. The number of aromatic nitrogens is 1. The monoisotopic (exact) mass is 288 g/mol. The highest BCUT2D eigenvalue weighted by Gasteiger charge is 2.27. The SMILES string of the molecule is CC(NS(=O)(=O)c1cc(CO)n(C)c1)C1CCOC1. The molecule has 0 aromatic carbocycles. The number of nitrogens with zero attached hydrogens (tertiary/aromatic N) is 1. The summed E-state index contributed by atoms with van der Waals surface area (Å²) in [4.78, 5) is 0.185. The highest BCUT2D eigenvalue weighted by Crippen LogP contribution is 2.19. The van der Waals surface area contributed by atoms with E-state index in [0.29, 0.717) is 18.9 Å². The van der Waals surface area contributed by atoms with Crippen LogP contribution in [0.15, 0.2) is 17.2 Å². The quantitative estimate of drug-likeness (QED) is 0.812. The lowest BCUT2D eigenvalue weighted by molar-refractivity contribution is 0.180. The highest BCUT2D eigenvalue weighted by molar-refractivity contribution is 7.89. The van der Waals surface area contributed by atoms with Crippen molar-refractivity contribution >= 4 is 10.0 Å². The van der Waals surface area contributed by atoms with Crippen LogP contribution in [0.1, 0.15) is 19.0 Å². The van der Waals surface area contributed by atoms with Gasteiger partial charge in [-0.25, -0.2) is 13.1 Å². The normalized spacial score (nSPS) is 21.7. The average Bonchev–Trinajstić information content (AvgIpc) is 2.96. The van der Waals surface area contributed by atoms with Crippen LogP contribution in [0.25, 0.3) is 0 Å². The van der Waals surface area contributed by atoms with Gasteiger partial charge in [0.25, 0.3) is 0 Å². The van der Waals surface area contributed by atoms with Gasteiger partial charge in [0.05, 0.1) is 18.1 Å². The summed E-state index contributed by atoms with van der Waals surface area (Å²) in [5.74, 6) is 0.218. The standard InChI is InChI=1S/C12H20N2O4S/c1-9(10-3-4-18-8-10)13-19(16,17)12-5-11(7-15)14(2)6-12/h5-6,9-10,13,15H,3-4,7-8H2,1-2H3. The molecule has 0 bridgehead atoms. The Labute approximate surface area is 113 Å². The Balaban J connectivity index is 2.12. The maximum absolute atomic E-state index is 12.2. The van der Waals surface area contributed by atoms with Crippen molar-refractivity contribution in [3.8, 4) is 0 Å². The number of rotatable bonds is 5. The number of ether oxygens (including phenoxy) is 1. The van der Waals surface area contributed by atoms with E-state index in [1.807, 2.05) is 6.92 Å². The molecule has 108 valence electrons. The summed E-state index contributed by atoms with van der Waals surface area (Å²) in [7, 11) is -1.84. The first-order valence-electron chi connectivity index (χ1n) is 6.30. The van der Waals surface area contributed by atoms with Crippen LogP contribution in [0.4, 0.5) is 0 Å². The zero-order chi connectivity index (χ0) is 14.0. The minimum absolute atomic E-state index is 0.162. The summed E-state index contributed by atoms with van der Waals surface area (Å²) in [6.07, 6.45) is 2.38. The largest absolute Gasteiger partial charge is 0.390 e. The lowest BCUT2D eigenvalue weighted by Crippen LogP contribution is -2.38. The molecule has 0 aliphatic carbocycles. The Morgan fingerprint density at radius 1 is 1.63 bits per heavy atom. The van der Waals surface area contributed by atoms with E-state index >= 15 is 0 Å².